The van der Waals surface area contributed by atoms with Gasteiger partial charge in [0, 0.05) is 28.0 Å². The number of halogens is 1. The zero-order valence-corrected chi connectivity index (χ0v) is 19.0. The molecule has 0 saturated carbocycles. The molecule has 1 saturated heterocycles. The zero-order valence-electron chi connectivity index (χ0n) is 18.2. The van der Waals surface area contributed by atoms with Gasteiger partial charge in [-0.3, -0.25) is 19.1 Å². The maximum Gasteiger partial charge on any atom is 0.325 e. The Morgan fingerprint density at radius 3 is 2.44 bits per heavy atom. The Morgan fingerprint density at radius 2 is 1.84 bits per heavy atom. The topological polar surface area (TPSA) is 97.4 Å². The Kier molecular flexibility index (Phi) is 5.42. The van der Waals surface area contributed by atoms with Crippen molar-refractivity contribution in [1.29, 1.82) is 0 Å². The van der Waals surface area contributed by atoms with Crippen LogP contribution in [0.5, 0.6) is 0 Å². The lowest BCUT2D eigenvalue weighted by Crippen LogP contribution is -2.43. The first-order valence-corrected chi connectivity index (χ1v) is 10.6. The number of carbonyl (C=O) groups excluding carboxylic acids is 3. The number of benzene rings is 1. The van der Waals surface area contributed by atoms with Gasteiger partial charge in [0.2, 0.25) is 0 Å². The molecular formula is C23H23ClN4O4. The van der Waals surface area contributed by atoms with Crippen molar-refractivity contribution in [2.24, 2.45) is 0 Å². The van der Waals surface area contributed by atoms with Crippen molar-refractivity contribution in [3.05, 3.63) is 69.7 Å². The van der Waals surface area contributed by atoms with Crippen molar-refractivity contribution < 1.29 is 18.9 Å². The summed E-state index contributed by atoms with van der Waals surface area (Å²) in [6, 6.07) is 9.66. The number of nitrogens with one attached hydrogen (secondary N) is 1. The molecule has 32 heavy (non-hydrogen) atoms. The Balaban J connectivity index is 1.62. The standard InChI is InChI=1S/C23H23ClN4O4/c1-5-23(16-6-8-17(24)9-7-16)21(30)27(22(31)25-23)12-19(29)18-10-13(2)28(15(18)4)20-11-14(3)32-26-20/h6-11H,5,12H2,1-4H3,(H,25,31). The summed E-state index contributed by atoms with van der Waals surface area (Å²) in [7, 11) is 0. The van der Waals surface area contributed by atoms with Crippen molar-refractivity contribution in [3.63, 3.8) is 0 Å². The van der Waals surface area contributed by atoms with E-state index in [9.17, 15) is 14.4 Å². The molecule has 1 fully saturated rings. The van der Waals surface area contributed by atoms with Gasteiger partial charge >= 0.3 is 6.03 Å². The quantitative estimate of drug-likeness (QED) is 0.447. The number of rotatable bonds is 6. The maximum atomic E-state index is 13.3. The number of ketones is 1. The summed E-state index contributed by atoms with van der Waals surface area (Å²) >= 11 is 5.97. The van der Waals surface area contributed by atoms with E-state index in [0.29, 0.717) is 39.8 Å². The van der Waals surface area contributed by atoms with Crippen LogP contribution in [0.3, 0.4) is 0 Å². The van der Waals surface area contributed by atoms with E-state index in [0.717, 1.165) is 10.6 Å². The van der Waals surface area contributed by atoms with Gasteiger partial charge < -0.3 is 9.84 Å². The van der Waals surface area contributed by atoms with Gasteiger partial charge in [-0.05, 0) is 51.0 Å². The van der Waals surface area contributed by atoms with Gasteiger partial charge in [0.15, 0.2) is 11.6 Å². The fourth-order valence-electron chi connectivity index (χ4n) is 4.23. The van der Waals surface area contributed by atoms with Crippen LogP contribution in [0, 0.1) is 20.8 Å². The van der Waals surface area contributed by atoms with Crippen LogP contribution in [-0.4, -0.2) is 38.9 Å². The lowest BCUT2D eigenvalue weighted by Gasteiger charge is -2.25. The van der Waals surface area contributed by atoms with Crippen molar-refractivity contribution in [2.75, 3.05) is 6.54 Å². The minimum atomic E-state index is -1.23. The number of imide groups is 1. The number of hydrogen-bond acceptors (Lipinski definition) is 5. The summed E-state index contributed by atoms with van der Waals surface area (Å²) in [4.78, 5) is 40.2. The number of aryl methyl sites for hydroxylation is 2. The largest absolute Gasteiger partial charge is 0.360 e. The molecule has 1 aromatic carbocycles. The molecule has 0 bridgehead atoms. The zero-order chi connectivity index (χ0) is 23.2. The van der Waals surface area contributed by atoms with Crippen LogP contribution in [0.1, 0.15) is 46.4 Å². The second-order valence-corrected chi connectivity index (χ2v) is 8.36. The molecule has 4 rings (SSSR count). The highest BCUT2D eigenvalue weighted by atomic mass is 35.5. The second-order valence-electron chi connectivity index (χ2n) is 7.93. The molecule has 3 aromatic rings. The maximum absolute atomic E-state index is 13.3. The fourth-order valence-corrected chi connectivity index (χ4v) is 4.35. The van der Waals surface area contributed by atoms with E-state index >= 15 is 0 Å². The lowest BCUT2D eigenvalue weighted by atomic mass is 9.87. The van der Waals surface area contributed by atoms with Crippen LogP contribution in [0.2, 0.25) is 5.02 Å². The molecule has 0 aliphatic carbocycles. The molecule has 3 heterocycles. The number of hydrogen-bond donors (Lipinski definition) is 1. The minimum Gasteiger partial charge on any atom is -0.360 e. The molecule has 8 nitrogen and oxygen atoms in total. The van der Waals surface area contributed by atoms with E-state index in [2.05, 4.69) is 10.5 Å². The van der Waals surface area contributed by atoms with E-state index in [1.807, 2.05) is 13.8 Å². The predicted octanol–water partition coefficient (Wildman–Crippen LogP) is 4.08. The average molecular weight is 455 g/mol. The highest BCUT2D eigenvalue weighted by Gasteiger charge is 2.51. The normalized spacial score (nSPS) is 18.3. The molecule has 9 heteroatoms. The molecule has 1 unspecified atom stereocenters. The Labute approximate surface area is 190 Å². The molecule has 1 aliphatic rings. The number of aromatic nitrogens is 2. The van der Waals surface area contributed by atoms with Gasteiger partial charge in [0.1, 0.15) is 11.3 Å². The van der Waals surface area contributed by atoms with Gasteiger partial charge in [-0.2, -0.15) is 0 Å². The van der Waals surface area contributed by atoms with E-state index in [1.165, 1.54) is 0 Å². The van der Waals surface area contributed by atoms with Crippen LogP contribution in [-0.2, 0) is 10.3 Å². The SMILES string of the molecule is CCC1(c2ccc(Cl)cc2)NC(=O)N(CC(=O)c2cc(C)n(-c3cc(C)on3)c2C)C1=O. The molecule has 2 aromatic heterocycles. The van der Waals surface area contributed by atoms with E-state index in [1.54, 1.807) is 54.8 Å². The summed E-state index contributed by atoms with van der Waals surface area (Å²) in [5.41, 5.74) is 1.27. The minimum absolute atomic E-state index is 0.337. The van der Waals surface area contributed by atoms with Crippen molar-refractivity contribution in [1.82, 2.24) is 19.9 Å². The van der Waals surface area contributed by atoms with Crippen molar-refractivity contribution in [3.8, 4) is 5.82 Å². The number of Topliss-reactive ketones (excluding diaryl/α,β-unsaturated/α-hetero) is 1. The van der Waals surface area contributed by atoms with Gasteiger partial charge in [-0.25, -0.2) is 4.79 Å². The molecule has 1 atom stereocenters. The van der Waals surface area contributed by atoms with Gasteiger partial charge in [0.25, 0.3) is 5.91 Å². The number of urea groups is 1. The third kappa shape index (κ3) is 3.40. The molecule has 166 valence electrons. The summed E-state index contributed by atoms with van der Waals surface area (Å²) in [6.45, 7) is 6.88. The van der Waals surface area contributed by atoms with Gasteiger partial charge in [0.05, 0.1) is 6.54 Å². The first kappa shape index (κ1) is 21.8. The average Bonchev–Trinajstić information content (AvgIpc) is 3.38. The van der Waals surface area contributed by atoms with Crippen LogP contribution < -0.4 is 5.32 Å². The summed E-state index contributed by atoms with van der Waals surface area (Å²) in [5.74, 6) is 0.426. The van der Waals surface area contributed by atoms with Crippen LogP contribution in [0.25, 0.3) is 5.82 Å². The summed E-state index contributed by atoms with van der Waals surface area (Å²) < 4.78 is 6.95. The highest BCUT2D eigenvalue weighted by molar-refractivity contribution is 6.30. The second kappa shape index (κ2) is 7.94. The van der Waals surface area contributed by atoms with Crippen LogP contribution >= 0.6 is 11.6 Å². The van der Waals surface area contributed by atoms with Gasteiger partial charge in [-0.1, -0.05) is 35.8 Å². The molecular weight excluding hydrogens is 432 g/mol. The smallest absolute Gasteiger partial charge is 0.325 e. The molecule has 1 N–H and O–H groups in total. The van der Waals surface area contributed by atoms with E-state index in [-0.39, 0.29) is 12.3 Å². The van der Waals surface area contributed by atoms with E-state index in [4.69, 9.17) is 16.1 Å². The fraction of sp³-hybridized carbons (Fsp3) is 0.304. The van der Waals surface area contributed by atoms with Crippen molar-refractivity contribution >= 4 is 29.3 Å². The molecule has 3 amide bonds. The third-order valence-electron chi connectivity index (χ3n) is 5.92. The Morgan fingerprint density at radius 1 is 1.16 bits per heavy atom. The molecule has 0 spiro atoms. The number of nitrogens with zero attached hydrogens (tertiary/aromatic N) is 3. The number of carbonyl (C=O) groups is 3. The number of amides is 3. The van der Waals surface area contributed by atoms with E-state index < -0.39 is 17.5 Å². The Bertz CT molecular complexity index is 1230. The van der Waals surface area contributed by atoms with Gasteiger partial charge in [-0.15, -0.1) is 0 Å². The molecule has 0 radical (unpaired) electrons. The predicted molar refractivity (Wildman–Crippen MR) is 118 cm³/mol. The van der Waals surface area contributed by atoms with Crippen LogP contribution in [0.15, 0.2) is 40.9 Å². The monoisotopic (exact) mass is 454 g/mol. The lowest BCUT2D eigenvalue weighted by molar-refractivity contribution is -0.131. The summed E-state index contributed by atoms with van der Waals surface area (Å²) in [5, 5.41) is 7.33. The first-order valence-electron chi connectivity index (χ1n) is 10.2. The third-order valence-corrected chi connectivity index (χ3v) is 6.17. The Hall–Kier alpha value is -3.39. The van der Waals surface area contributed by atoms with Crippen LogP contribution in [0.4, 0.5) is 4.79 Å². The molecule has 1 aliphatic heterocycles. The van der Waals surface area contributed by atoms with Crippen molar-refractivity contribution in [2.45, 2.75) is 39.7 Å². The summed E-state index contributed by atoms with van der Waals surface area (Å²) in [6.07, 6.45) is 0.337. The first-order chi connectivity index (χ1) is 15.2. The highest BCUT2D eigenvalue weighted by Crippen LogP contribution is 2.33.